The number of rotatable bonds is 1. The standard InChI is InChI=1S/C7H8NS.C2H6.K/c1-6-2-4-7(9-8)5-3-6;1-2;/h2-5,8H,1H3;1-2H3;/q-1;;+1. The number of hydrogen-bond acceptors (Lipinski definition) is 1. The summed E-state index contributed by atoms with van der Waals surface area (Å²) in [5, 5.41) is 6.93. The van der Waals surface area contributed by atoms with Crippen molar-refractivity contribution in [2.24, 2.45) is 0 Å². The average Bonchev–Trinajstić information content (AvgIpc) is 2.10. The summed E-state index contributed by atoms with van der Waals surface area (Å²) in [5.74, 6) is 0. The molecule has 0 heterocycles. The minimum atomic E-state index is 0. The third kappa shape index (κ3) is 6.66. The van der Waals surface area contributed by atoms with Crippen LogP contribution in [-0.4, -0.2) is 0 Å². The summed E-state index contributed by atoms with van der Waals surface area (Å²) < 4.78 is 0. The molecule has 0 aliphatic carbocycles. The molecule has 0 amide bonds. The van der Waals surface area contributed by atoms with Gasteiger partial charge in [0.05, 0.1) is 0 Å². The van der Waals surface area contributed by atoms with Crippen molar-refractivity contribution in [3.8, 4) is 0 Å². The molecule has 0 aliphatic rings. The van der Waals surface area contributed by atoms with Gasteiger partial charge in [0.2, 0.25) is 0 Å². The van der Waals surface area contributed by atoms with Crippen LogP contribution in [0.2, 0.25) is 0 Å². The van der Waals surface area contributed by atoms with Crippen LogP contribution in [0, 0.1) is 6.92 Å². The molecule has 0 saturated heterocycles. The number of benzene rings is 1. The van der Waals surface area contributed by atoms with E-state index in [1.165, 1.54) is 5.56 Å². The topological polar surface area (TPSA) is 23.8 Å². The second-order valence-electron chi connectivity index (χ2n) is 1.92. The van der Waals surface area contributed by atoms with Gasteiger partial charge in [-0.3, -0.25) is 11.9 Å². The number of aryl methyl sites for hydroxylation is 1. The SMILES string of the molecule is CC.Cc1ccc(S[NH-])cc1.[K+]. The smallest absolute Gasteiger partial charge is 0.617 e. The van der Waals surface area contributed by atoms with Crippen LogP contribution in [0.15, 0.2) is 29.2 Å². The number of hydrogen-bond donors (Lipinski definition) is 0. The molecular formula is C9H14KNS. The molecule has 1 nitrogen and oxygen atoms in total. The van der Waals surface area contributed by atoms with Gasteiger partial charge in [-0.2, -0.15) is 0 Å². The van der Waals surface area contributed by atoms with Gasteiger partial charge >= 0.3 is 51.4 Å². The van der Waals surface area contributed by atoms with E-state index in [2.05, 4.69) is 0 Å². The summed E-state index contributed by atoms with van der Waals surface area (Å²) in [5.41, 5.74) is 1.24. The van der Waals surface area contributed by atoms with Crippen molar-refractivity contribution < 1.29 is 51.4 Å². The Labute approximate surface area is 122 Å². The Bertz CT molecular complexity index is 186. The second-order valence-corrected chi connectivity index (χ2v) is 2.59. The Kier molecular flexibility index (Phi) is 13.3. The maximum Gasteiger partial charge on any atom is 1.00 e. The normalized spacial score (nSPS) is 7.67. The molecule has 0 spiro atoms. The van der Waals surface area contributed by atoms with Gasteiger partial charge in [0.1, 0.15) is 0 Å². The Morgan fingerprint density at radius 3 is 1.83 bits per heavy atom. The fourth-order valence-electron chi connectivity index (χ4n) is 0.606. The molecule has 1 aromatic rings. The van der Waals surface area contributed by atoms with Crippen LogP contribution in [0.5, 0.6) is 0 Å². The fraction of sp³-hybridized carbons (Fsp3) is 0.333. The van der Waals surface area contributed by atoms with Crippen LogP contribution in [0.3, 0.4) is 0 Å². The molecule has 12 heavy (non-hydrogen) atoms. The van der Waals surface area contributed by atoms with Crippen LogP contribution in [0.4, 0.5) is 0 Å². The van der Waals surface area contributed by atoms with Crippen molar-refractivity contribution in [1.82, 2.24) is 0 Å². The van der Waals surface area contributed by atoms with Crippen molar-refractivity contribution in [2.45, 2.75) is 25.7 Å². The molecule has 0 saturated carbocycles. The average molecular weight is 207 g/mol. The molecule has 1 rings (SSSR count). The van der Waals surface area contributed by atoms with E-state index in [1.54, 1.807) is 0 Å². The van der Waals surface area contributed by atoms with Crippen LogP contribution in [0.1, 0.15) is 19.4 Å². The maximum atomic E-state index is 6.93. The van der Waals surface area contributed by atoms with E-state index in [4.69, 9.17) is 5.14 Å². The molecule has 0 aliphatic heterocycles. The maximum absolute atomic E-state index is 6.93. The van der Waals surface area contributed by atoms with Crippen molar-refractivity contribution in [1.29, 1.82) is 0 Å². The van der Waals surface area contributed by atoms with E-state index in [9.17, 15) is 0 Å². The molecule has 0 radical (unpaired) electrons. The molecule has 0 atom stereocenters. The van der Waals surface area contributed by atoms with Gasteiger partial charge in [0, 0.05) is 0 Å². The zero-order chi connectivity index (χ0) is 8.69. The third-order valence-electron chi connectivity index (χ3n) is 1.14. The van der Waals surface area contributed by atoms with Crippen LogP contribution >= 0.6 is 11.9 Å². The van der Waals surface area contributed by atoms with Gasteiger partial charge in [0.15, 0.2) is 0 Å². The van der Waals surface area contributed by atoms with Crippen molar-refractivity contribution >= 4 is 11.9 Å². The van der Waals surface area contributed by atoms with Crippen LogP contribution in [0.25, 0.3) is 5.14 Å². The fourth-order valence-corrected chi connectivity index (χ4v) is 0.878. The first kappa shape index (κ1) is 15.6. The van der Waals surface area contributed by atoms with Crippen molar-refractivity contribution in [3.05, 3.63) is 35.0 Å². The molecule has 0 aromatic heterocycles. The van der Waals surface area contributed by atoms with Gasteiger partial charge in [-0.05, 0) is 24.0 Å². The Morgan fingerprint density at radius 1 is 1.08 bits per heavy atom. The van der Waals surface area contributed by atoms with E-state index in [-0.39, 0.29) is 51.4 Å². The molecular weight excluding hydrogens is 193 g/mol. The quantitative estimate of drug-likeness (QED) is 0.499. The Balaban J connectivity index is 0. The molecule has 1 aromatic carbocycles. The third-order valence-corrected chi connectivity index (χ3v) is 1.65. The molecule has 0 bridgehead atoms. The minimum Gasteiger partial charge on any atom is -0.617 e. The second kappa shape index (κ2) is 10.2. The van der Waals surface area contributed by atoms with Gasteiger partial charge in [-0.1, -0.05) is 31.5 Å². The van der Waals surface area contributed by atoms with Crippen LogP contribution in [-0.2, 0) is 0 Å². The predicted molar refractivity (Wildman–Crippen MR) is 52.7 cm³/mol. The first-order chi connectivity index (χ1) is 5.33. The number of nitrogens with one attached hydrogen (secondary N) is 1. The van der Waals surface area contributed by atoms with E-state index in [1.807, 2.05) is 45.0 Å². The van der Waals surface area contributed by atoms with Gasteiger partial charge in [-0.15, -0.1) is 0 Å². The molecule has 3 heteroatoms. The van der Waals surface area contributed by atoms with Gasteiger partial charge in [0.25, 0.3) is 0 Å². The first-order valence-corrected chi connectivity index (χ1v) is 4.55. The summed E-state index contributed by atoms with van der Waals surface area (Å²) in [4.78, 5) is 1.00. The minimum absolute atomic E-state index is 0. The Morgan fingerprint density at radius 2 is 1.50 bits per heavy atom. The summed E-state index contributed by atoms with van der Waals surface area (Å²) in [6.07, 6.45) is 0. The van der Waals surface area contributed by atoms with Gasteiger partial charge in [-0.25, -0.2) is 0 Å². The summed E-state index contributed by atoms with van der Waals surface area (Å²) in [6, 6.07) is 7.92. The van der Waals surface area contributed by atoms with Crippen molar-refractivity contribution in [2.75, 3.05) is 0 Å². The van der Waals surface area contributed by atoms with E-state index < -0.39 is 0 Å². The zero-order valence-corrected chi connectivity index (χ0v) is 12.2. The molecule has 0 unspecified atom stereocenters. The Hall–Kier alpha value is 1.17. The van der Waals surface area contributed by atoms with Gasteiger partial charge < -0.3 is 5.14 Å². The monoisotopic (exact) mass is 207 g/mol. The summed E-state index contributed by atoms with van der Waals surface area (Å²) >= 11 is 1.03. The van der Waals surface area contributed by atoms with E-state index in [0.717, 1.165) is 16.8 Å². The van der Waals surface area contributed by atoms with E-state index >= 15 is 0 Å². The largest absolute Gasteiger partial charge is 1.00 e. The van der Waals surface area contributed by atoms with E-state index in [0.29, 0.717) is 0 Å². The molecule has 62 valence electrons. The predicted octanol–water partition coefficient (Wildman–Crippen LogP) is 1.08. The first-order valence-electron chi connectivity index (χ1n) is 3.73. The molecule has 0 fully saturated rings. The zero-order valence-electron chi connectivity index (χ0n) is 8.22. The van der Waals surface area contributed by atoms with Crippen LogP contribution < -0.4 is 51.4 Å². The summed E-state index contributed by atoms with van der Waals surface area (Å²) in [6.45, 7) is 6.04. The summed E-state index contributed by atoms with van der Waals surface area (Å²) in [7, 11) is 0. The molecule has 1 N–H and O–H groups in total. The van der Waals surface area contributed by atoms with Crippen molar-refractivity contribution in [3.63, 3.8) is 0 Å².